The first-order chi connectivity index (χ1) is 14.6. The molecule has 3 amide bonds. The fourth-order valence-electron chi connectivity index (χ4n) is 4.08. The number of benzene rings is 2. The van der Waals surface area contributed by atoms with Crippen molar-refractivity contribution in [3.8, 4) is 11.1 Å². The lowest BCUT2D eigenvalue weighted by molar-refractivity contribution is -0.119. The molecule has 0 saturated carbocycles. The van der Waals surface area contributed by atoms with E-state index in [4.69, 9.17) is 0 Å². The van der Waals surface area contributed by atoms with E-state index in [2.05, 4.69) is 10.6 Å². The Hall–Kier alpha value is -3.45. The molecular weight excluding hydrogens is 398 g/mol. The highest BCUT2D eigenvalue weighted by molar-refractivity contribution is 7.08. The van der Waals surface area contributed by atoms with Gasteiger partial charge in [-0.1, -0.05) is 24.3 Å². The van der Waals surface area contributed by atoms with Gasteiger partial charge in [-0.25, -0.2) is 0 Å². The van der Waals surface area contributed by atoms with Gasteiger partial charge in [0.25, 0.3) is 11.8 Å². The SMILES string of the molecule is O=C(N[C@@H]1C[C@@H]2C(=O)Nc3ccc(-c4ccsc4)cc3C(=O)N2C1)c1ccccc1. The van der Waals surface area contributed by atoms with E-state index >= 15 is 0 Å². The second kappa shape index (κ2) is 7.42. The smallest absolute Gasteiger partial charge is 0.256 e. The summed E-state index contributed by atoms with van der Waals surface area (Å²) in [6.07, 6.45) is 0.390. The van der Waals surface area contributed by atoms with Crippen molar-refractivity contribution in [3.05, 3.63) is 76.5 Å². The number of hydrogen-bond donors (Lipinski definition) is 2. The summed E-state index contributed by atoms with van der Waals surface area (Å²) >= 11 is 1.59. The maximum absolute atomic E-state index is 13.3. The summed E-state index contributed by atoms with van der Waals surface area (Å²) in [6, 6.07) is 15.6. The molecule has 0 unspecified atom stereocenters. The fourth-order valence-corrected chi connectivity index (χ4v) is 4.75. The second-order valence-electron chi connectivity index (χ2n) is 7.51. The summed E-state index contributed by atoms with van der Waals surface area (Å²) in [5.41, 5.74) is 3.54. The van der Waals surface area contributed by atoms with Crippen molar-refractivity contribution < 1.29 is 14.4 Å². The van der Waals surface area contributed by atoms with Crippen LogP contribution >= 0.6 is 11.3 Å². The van der Waals surface area contributed by atoms with Crippen molar-refractivity contribution in [2.24, 2.45) is 0 Å². The molecule has 0 bridgehead atoms. The minimum absolute atomic E-state index is 0.193. The molecule has 2 aromatic carbocycles. The summed E-state index contributed by atoms with van der Waals surface area (Å²) in [5, 5.41) is 9.86. The standard InChI is InChI=1S/C23H19N3O3S/c27-21(14-4-2-1-3-5-14)24-17-11-20-22(28)25-19-7-6-15(16-8-9-30-13-16)10-18(19)23(29)26(20)12-17/h1-10,13,17,20H,11-12H2,(H,24,27)(H,25,28)/t17-,20-/m1/s1. The second-order valence-corrected chi connectivity index (χ2v) is 8.29. The van der Waals surface area contributed by atoms with E-state index in [1.165, 1.54) is 0 Å². The van der Waals surface area contributed by atoms with Crippen molar-refractivity contribution in [1.29, 1.82) is 0 Å². The van der Waals surface area contributed by atoms with Crippen LogP contribution in [0.4, 0.5) is 5.69 Å². The maximum Gasteiger partial charge on any atom is 0.256 e. The number of anilines is 1. The van der Waals surface area contributed by atoms with Gasteiger partial charge in [0.1, 0.15) is 6.04 Å². The van der Waals surface area contributed by atoms with Gasteiger partial charge < -0.3 is 15.5 Å². The molecule has 3 heterocycles. The molecule has 150 valence electrons. The van der Waals surface area contributed by atoms with Gasteiger partial charge in [-0.3, -0.25) is 14.4 Å². The summed E-state index contributed by atoms with van der Waals surface area (Å²) in [7, 11) is 0. The monoisotopic (exact) mass is 417 g/mol. The van der Waals surface area contributed by atoms with Crippen molar-refractivity contribution in [2.75, 3.05) is 11.9 Å². The van der Waals surface area contributed by atoms with E-state index in [0.717, 1.165) is 11.1 Å². The topological polar surface area (TPSA) is 78.5 Å². The van der Waals surface area contributed by atoms with Crippen molar-refractivity contribution in [3.63, 3.8) is 0 Å². The highest BCUT2D eigenvalue weighted by Gasteiger charge is 2.43. The molecule has 2 N–H and O–H groups in total. The minimum Gasteiger partial charge on any atom is -0.347 e. The van der Waals surface area contributed by atoms with Crippen LogP contribution in [0.3, 0.4) is 0 Å². The van der Waals surface area contributed by atoms with E-state index < -0.39 is 6.04 Å². The van der Waals surface area contributed by atoms with Crippen LogP contribution in [0.25, 0.3) is 11.1 Å². The molecule has 0 aliphatic carbocycles. The summed E-state index contributed by atoms with van der Waals surface area (Å²) < 4.78 is 0. The largest absolute Gasteiger partial charge is 0.347 e. The lowest BCUT2D eigenvalue weighted by Crippen LogP contribution is -2.41. The molecular formula is C23H19N3O3S. The Labute approximate surface area is 177 Å². The van der Waals surface area contributed by atoms with Gasteiger partial charge in [0.15, 0.2) is 0 Å². The molecule has 1 fully saturated rings. The molecule has 1 saturated heterocycles. The Balaban J connectivity index is 1.40. The predicted molar refractivity (Wildman–Crippen MR) is 116 cm³/mol. The molecule has 1 aromatic heterocycles. The zero-order valence-corrected chi connectivity index (χ0v) is 16.8. The Bertz CT molecular complexity index is 1130. The number of rotatable bonds is 3. The van der Waals surface area contributed by atoms with E-state index in [-0.39, 0.29) is 23.8 Å². The van der Waals surface area contributed by atoms with Crippen molar-refractivity contribution in [1.82, 2.24) is 10.2 Å². The van der Waals surface area contributed by atoms with Gasteiger partial charge in [-0.2, -0.15) is 11.3 Å². The zero-order valence-electron chi connectivity index (χ0n) is 16.0. The molecule has 6 nitrogen and oxygen atoms in total. The third kappa shape index (κ3) is 3.27. The number of fused-ring (bicyclic) bond motifs is 2. The van der Waals surface area contributed by atoms with Crippen LogP contribution in [0.1, 0.15) is 27.1 Å². The number of nitrogens with zero attached hydrogens (tertiary/aromatic N) is 1. The number of thiophene rings is 1. The molecule has 2 atom stereocenters. The van der Waals surface area contributed by atoms with E-state index in [1.807, 2.05) is 35.0 Å². The Morgan fingerprint density at radius 3 is 2.67 bits per heavy atom. The van der Waals surface area contributed by atoms with E-state index in [1.54, 1.807) is 46.6 Å². The highest BCUT2D eigenvalue weighted by Crippen LogP contribution is 2.32. The van der Waals surface area contributed by atoms with Gasteiger partial charge in [-0.15, -0.1) is 0 Å². The minimum atomic E-state index is -0.601. The van der Waals surface area contributed by atoms with Gasteiger partial charge >= 0.3 is 0 Å². The highest BCUT2D eigenvalue weighted by atomic mass is 32.1. The summed E-state index contributed by atoms with van der Waals surface area (Å²) in [4.78, 5) is 40.2. The fraction of sp³-hybridized carbons (Fsp3) is 0.174. The Morgan fingerprint density at radius 1 is 1.07 bits per heavy atom. The van der Waals surface area contributed by atoms with Crippen LogP contribution in [0.5, 0.6) is 0 Å². The van der Waals surface area contributed by atoms with Gasteiger partial charge in [0, 0.05) is 18.2 Å². The van der Waals surface area contributed by atoms with Crippen LogP contribution < -0.4 is 10.6 Å². The van der Waals surface area contributed by atoms with Crippen LogP contribution in [0.15, 0.2) is 65.4 Å². The average Bonchev–Trinajstić information content (AvgIpc) is 3.43. The quantitative estimate of drug-likeness (QED) is 0.686. The molecule has 7 heteroatoms. The third-order valence-electron chi connectivity index (χ3n) is 5.60. The zero-order chi connectivity index (χ0) is 20.7. The molecule has 3 aromatic rings. The molecule has 30 heavy (non-hydrogen) atoms. The number of nitrogens with one attached hydrogen (secondary N) is 2. The van der Waals surface area contributed by atoms with E-state index in [9.17, 15) is 14.4 Å². The number of amides is 3. The molecule has 2 aliphatic rings. The third-order valence-corrected chi connectivity index (χ3v) is 6.28. The van der Waals surface area contributed by atoms with Crippen LogP contribution in [0.2, 0.25) is 0 Å². The van der Waals surface area contributed by atoms with E-state index in [0.29, 0.717) is 29.8 Å². The van der Waals surface area contributed by atoms with Crippen molar-refractivity contribution >= 4 is 34.7 Å². The first kappa shape index (κ1) is 18.6. The predicted octanol–water partition coefficient (Wildman–Crippen LogP) is 3.38. The Morgan fingerprint density at radius 2 is 1.90 bits per heavy atom. The van der Waals surface area contributed by atoms with Crippen LogP contribution in [0, 0.1) is 0 Å². The lowest BCUT2D eigenvalue weighted by atomic mass is 10.0. The summed E-state index contributed by atoms with van der Waals surface area (Å²) in [6.45, 7) is 0.303. The normalized spacial score (nSPS) is 20.2. The molecule has 5 rings (SSSR count). The molecule has 0 spiro atoms. The maximum atomic E-state index is 13.3. The van der Waals surface area contributed by atoms with Crippen molar-refractivity contribution in [2.45, 2.75) is 18.5 Å². The van der Waals surface area contributed by atoms with Crippen LogP contribution in [-0.4, -0.2) is 41.2 Å². The Kier molecular flexibility index (Phi) is 4.59. The van der Waals surface area contributed by atoms with Gasteiger partial charge in [0.2, 0.25) is 5.91 Å². The number of hydrogen-bond acceptors (Lipinski definition) is 4. The number of carbonyl (C=O) groups excluding carboxylic acids is 3. The lowest BCUT2D eigenvalue weighted by Gasteiger charge is -2.20. The molecule has 2 aliphatic heterocycles. The summed E-state index contributed by atoms with van der Waals surface area (Å²) in [5.74, 6) is -0.616. The first-order valence-electron chi connectivity index (χ1n) is 9.74. The number of carbonyl (C=O) groups is 3. The van der Waals surface area contributed by atoms with Gasteiger partial charge in [0.05, 0.1) is 11.3 Å². The average molecular weight is 417 g/mol. The first-order valence-corrected chi connectivity index (χ1v) is 10.7. The van der Waals surface area contributed by atoms with Crippen LogP contribution in [-0.2, 0) is 4.79 Å². The molecule has 0 radical (unpaired) electrons. The van der Waals surface area contributed by atoms with Gasteiger partial charge in [-0.05, 0) is 58.6 Å².